The third kappa shape index (κ3) is 4.97. The van der Waals surface area contributed by atoms with Crippen molar-refractivity contribution in [1.82, 2.24) is 15.2 Å². The van der Waals surface area contributed by atoms with Gasteiger partial charge in [-0.2, -0.15) is 0 Å². The first-order chi connectivity index (χ1) is 15.2. The minimum atomic E-state index is -0.209. The van der Waals surface area contributed by atoms with Gasteiger partial charge in [0.1, 0.15) is 11.5 Å². The number of nitrogens with one attached hydrogen (secondary N) is 1. The maximum Gasteiger partial charge on any atom is 0.273 e. The van der Waals surface area contributed by atoms with Crippen molar-refractivity contribution in [3.05, 3.63) is 71.6 Å². The highest BCUT2D eigenvalue weighted by Crippen LogP contribution is 2.26. The van der Waals surface area contributed by atoms with Crippen LogP contribution < -0.4 is 10.1 Å². The van der Waals surface area contributed by atoms with E-state index in [1.807, 2.05) is 42.5 Å². The molecule has 1 saturated heterocycles. The summed E-state index contributed by atoms with van der Waals surface area (Å²) in [7, 11) is 1.67. The third-order valence-electron chi connectivity index (χ3n) is 5.82. The standard InChI is InChI=1S/C25H29N3O3/c1-18-23(27-25(31-18)20-9-5-3-6-10-20)24(29)26-17-22(28-15-7-4-8-16-28)19-11-13-21(30-2)14-12-19/h3,5-6,9-14,22H,4,7-8,15-17H2,1-2H3,(H,26,29). The van der Waals surface area contributed by atoms with Crippen molar-refractivity contribution >= 4 is 5.91 Å². The van der Waals surface area contributed by atoms with Crippen LogP contribution in [0.25, 0.3) is 11.5 Å². The van der Waals surface area contributed by atoms with Crippen LogP contribution in [0, 0.1) is 6.92 Å². The van der Waals surface area contributed by atoms with E-state index in [9.17, 15) is 4.79 Å². The number of piperidine rings is 1. The maximum absolute atomic E-state index is 13.0. The lowest BCUT2D eigenvalue weighted by Gasteiger charge is -2.35. The molecule has 1 aliphatic heterocycles. The Bertz CT molecular complexity index is 993. The van der Waals surface area contributed by atoms with Crippen molar-refractivity contribution in [2.24, 2.45) is 0 Å². The number of methoxy groups -OCH3 is 1. The van der Waals surface area contributed by atoms with Gasteiger partial charge in [0.2, 0.25) is 5.89 Å². The van der Waals surface area contributed by atoms with Gasteiger partial charge >= 0.3 is 0 Å². The molecule has 0 bridgehead atoms. The molecule has 3 aromatic rings. The fraction of sp³-hybridized carbons (Fsp3) is 0.360. The Morgan fingerprint density at radius 2 is 1.81 bits per heavy atom. The minimum absolute atomic E-state index is 0.107. The molecule has 1 amide bonds. The second kappa shape index (κ2) is 9.79. The Hall–Kier alpha value is -3.12. The zero-order valence-electron chi connectivity index (χ0n) is 18.1. The van der Waals surface area contributed by atoms with E-state index < -0.39 is 0 Å². The highest BCUT2D eigenvalue weighted by Gasteiger charge is 2.25. The number of amides is 1. The Kier molecular flexibility index (Phi) is 6.67. The SMILES string of the molecule is COc1ccc(C(CNC(=O)c2nc(-c3ccccc3)oc2C)N2CCCCC2)cc1. The molecule has 0 aliphatic carbocycles. The lowest BCUT2D eigenvalue weighted by Crippen LogP contribution is -2.40. The summed E-state index contributed by atoms with van der Waals surface area (Å²) in [5, 5.41) is 3.09. The minimum Gasteiger partial charge on any atom is -0.497 e. The number of likely N-dealkylation sites (tertiary alicyclic amines) is 1. The van der Waals surface area contributed by atoms with Gasteiger partial charge in [-0.1, -0.05) is 36.8 Å². The van der Waals surface area contributed by atoms with E-state index in [0.29, 0.717) is 23.9 Å². The molecule has 6 heteroatoms. The highest BCUT2D eigenvalue weighted by molar-refractivity contribution is 5.93. The lowest BCUT2D eigenvalue weighted by molar-refractivity contribution is 0.0918. The Labute approximate surface area is 183 Å². The average Bonchev–Trinajstić information content (AvgIpc) is 3.22. The first-order valence-corrected chi connectivity index (χ1v) is 10.8. The topological polar surface area (TPSA) is 67.6 Å². The van der Waals surface area contributed by atoms with Gasteiger partial charge in [0.25, 0.3) is 5.91 Å². The van der Waals surface area contributed by atoms with Gasteiger partial charge in [0, 0.05) is 12.1 Å². The summed E-state index contributed by atoms with van der Waals surface area (Å²) in [5.41, 5.74) is 2.37. The van der Waals surface area contributed by atoms with Crippen LogP contribution >= 0.6 is 0 Å². The summed E-state index contributed by atoms with van der Waals surface area (Å²) in [5.74, 6) is 1.61. The number of aryl methyl sites for hydroxylation is 1. The quantitative estimate of drug-likeness (QED) is 0.605. The predicted molar refractivity (Wildman–Crippen MR) is 120 cm³/mol. The molecule has 0 saturated carbocycles. The fourth-order valence-electron chi connectivity index (χ4n) is 4.10. The number of oxazole rings is 1. The molecule has 1 fully saturated rings. The number of carbonyl (C=O) groups excluding carboxylic acids is 1. The predicted octanol–water partition coefficient (Wildman–Crippen LogP) is 4.62. The van der Waals surface area contributed by atoms with Crippen molar-refractivity contribution in [3.8, 4) is 17.2 Å². The number of carbonyl (C=O) groups is 1. The zero-order valence-corrected chi connectivity index (χ0v) is 18.1. The molecule has 2 heterocycles. The van der Waals surface area contributed by atoms with Crippen LogP contribution in [0.2, 0.25) is 0 Å². The Morgan fingerprint density at radius 3 is 2.48 bits per heavy atom. The fourth-order valence-corrected chi connectivity index (χ4v) is 4.10. The first-order valence-electron chi connectivity index (χ1n) is 10.8. The van der Waals surface area contributed by atoms with Gasteiger partial charge in [-0.25, -0.2) is 4.98 Å². The summed E-state index contributed by atoms with van der Waals surface area (Å²) >= 11 is 0. The van der Waals surface area contributed by atoms with Crippen LogP contribution in [-0.2, 0) is 0 Å². The monoisotopic (exact) mass is 419 g/mol. The van der Waals surface area contributed by atoms with Crippen molar-refractivity contribution in [2.45, 2.75) is 32.2 Å². The maximum atomic E-state index is 13.0. The van der Waals surface area contributed by atoms with Gasteiger partial charge in [0.05, 0.1) is 13.2 Å². The molecule has 2 aromatic carbocycles. The van der Waals surface area contributed by atoms with E-state index in [-0.39, 0.29) is 11.9 Å². The number of hydrogen-bond donors (Lipinski definition) is 1. The Balaban J connectivity index is 1.50. The van der Waals surface area contributed by atoms with Crippen LogP contribution in [0.15, 0.2) is 59.0 Å². The summed E-state index contributed by atoms with van der Waals surface area (Å²) in [6.45, 7) is 4.36. The number of benzene rings is 2. The van der Waals surface area contributed by atoms with Gasteiger partial charge in [-0.3, -0.25) is 9.69 Å². The number of rotatable bonds is 7. The normalized spacial score (nSPS) is 15.4. The molecular formula is C25H29N3O3. The zero-order chi connectivity index (χ0) is 21.6. The van der Waals surface area contributed by atoms with Crippen LogP contribution in [0.3, 0.4) is 0 Å². The number of nitrogens with zero attached hydrogens (tertiary/aromatic N) is 2. The average molecular weight is 420 g/mol. The van der Waals surface area contributed by atoms with E-state index in [2.05, 4.69) is 27.3 Å². The molecule has 0 spiro atoms. The molecule has 1 N–H and O–H groups in total. The van der Waals surface area contributed by atoms with E-state index in [1.54, 1.807) is 14.0 Å². The third-order valence-corrected chi connectivity index (χ3v) is 5.82. The smallest absolute Gasteiger partial charge is 0.273 e. The van der Waals surface area contributed by atoms with E-state index in [1.165, 1.54) is 24.8 Å². The summed E-state index contributed by atoms with van der Waals surface area (Å²) < 4.78 is 11.1. The molecule has 1 atom stereocenters. The summed E-state index contributed by atoms with van der Waals surface area (Å²) in [6.07, 6.45) is 3.63. The largest absolute Gasteiger partial charge is 0.497 e. The van der Waals surface area contributed by atoms with Crippen LogP contribution in [0.5, 0.6) is 5.75 Å². The summed E-state index contributed by atoms with van der Waals surface area (Å²) in [4.78, 5) is 19.9. The molecule has 1 aromatic heterocycles. The van der Waals surface area contributed by atoms with Crippen molar-refractivity contribution in [2.75, 3.05) is 26.7 Å². The molecule has 6 nitrogen and oxygen atoms in total. The van der Waals surface area contributed by atoms with Crippen molar-refractivity contribution < 1.29 is 13.9 Å². The molecule has 1 unspecified atom stereocenters. The van der Waals surface area contributed by atoms with Crippen LogP contribution in [-0.4, -0.2) is 42.5 Å². The van der Waals surface area contributed by atoms with E-state index in [4.69, 9.17) is 9.15 Å². The van der Waals surface area contributed by atoms with Gasteiger partial charge in [0.15, 0.2) is 5.69 Å². The first kappa shape index (κ1) is 21.1. The van der Waals surface area contributed by atoms with Gasteiger partial charge in [-0.15, -0.1) is 0 Å². The molecule has 4 rings (SSSR count). The van der Waals surface area contributed by atoms with Crippen LogP contribution in [0.4, 0.5) is 0 Å². The second-order valence-corrected chi connectivity index (χ2v) is 7.89. The molecule has 1 aliphatic rings. The molecule has 0 radical (unpaired) electrons. The second-order valence-electron chi connectivity index (χ2n) is 7.89. The number of aromatic nitrogens is 1. The lowest BCUT2D eigenvalue weighted by atomic mass is 10.0. The van der Waals surface area contributed by atoms with E-state index in [0.717, 1.165) is 24.4 Å². The van der Waals surface area contributed by atoms with Gasteiger partial charge < -0.3 is 14.5 Å². The molecule has 162 valence electrons. The number of hydrogen-bond acceptors (Lipinski definition) is 5. The van der Waals surface area contributed by atoms with Crippen molar-refractivity contribution in [1.29, 1.82) is 0 Å². The van der Waals surface area contributed by atoms with E-state index >= 15 is 0 Å². The van der Waals surface area contributed by atoms with Gasteiger partial charge in [-0.05, 0) is 62.7 Å². The van der Waals surface area contributed by atoms with Crippen LogP contribution in [0.1, 0.15) is 47.1 Å². The molecule has 31 heavy (non-hydrogen) atoms. The Morgan fingerprint density at radius 1 is 1.10 bits per heavy atom. The highest BCUT2D eigenvalue weighted by atomic mass is 16.5. The number of ether oxygens (including phenoxy) is 1. The molecular weight excluding hydrogens is 390 g/mol. The summed E-state index contributed by atoms with van der Waals surface area (Å²) in [6, 6.07) is 17.8. The van der Waals surface area contributed by atoms with Crippen molar-refractivity contribution in [3.63, 3.8) is 0 Å².